The summed E-state index contributed by atoms with van der Waals surface area (Å²) in [5.41, 5.74) is 6.18. The van der Waals surface area contributed by atoms with E-state index >= 15 is 0 Å². The number of carbonyl (C=O) groups is 2. The maximum atomic E-state index is 13.0. The molecular weight excluding hydrogens is 390 g/mol. The van der Waals surface area contributed by atoms with E-state index in [1.807, 2.05) is 0 Å². The summed E-state index contributed by atoms with van der Waals surface area (Å²) in [6.45, 7) is 1.81. The number of hydrogen-bond donors (Lipinski definition) is 1. The van der Waals surface area contributed by atoms with E-state index in [0.29, 0.717) is 49.0 Å². The quantitative estimate of drug-likeness (QED) is 0.684. The molecule has 0 bridgehead atoms. The molecular formula is C18H28ClN3O6. The lowest BCUT2D eigenvalue weighted by atomic mass is 10.1. The van der Waals surface area contributed by atoms with E-state index in [9.17, 15) is 9.59 Å². The van der Waals surface area contributed by atoms with Crippen LogP contribution < -0.4 is 19.9 Å². The molecule has 0 aliphatic carbocycles. The fourth-order valence-electron chi connectivity index (χ4n) is 3.06. The van der Waals surface area contributed by atoms with Crippen molar-refractivity contribution in [2.75, 3.05) is 61.2 Å². The van der Waals surface area contributed by atoms with Gasteiger partial charge in [-0.05, 0) is 12.1 Å². The number of amides is 2. The van der Waals surface area contributed by atoms with E-state index in [1.165, 1.54) is 28.4 Å². The molecule has 1 aliphatic rings. The molecule has 1 saturated heterocycles. The van der Waals surface area contributed by atoms with Gasteiger partial charge >= 0.3 is 0 Å². The second-order valence-corrected chi connectivity index (χ2v) is 6.06. The second-order valence-electron chi connectivity index (χ2n) is 6.06. The van der Waals surface area contributed by atoms with Gasteiger partial charge in [0.1, 0.15) is 6.04 Å². The number of carbonyl (C=O) groups excluding carboxylic acids is 2. The van der Waals surface area contributed by atoms with Crippen LogP contribution in [0.15, 0.2) is 12.1 Å². The van der Waals surface area contributed by atoms with Gasteiger partial charge in [-0.2, -0.15) is 0 Å². The van der Waals surface area contributed by atoms with Gasteiger partial charge in [-0.3, -0.25) is 9.59 Å². The molecule has 1 unspecified atom stereocenters. The Hall–Kier alpha value is -2.23. The Morgan fingerprint density at radius 1 is 0.964 bits per heavy atom. The van der Waals surface area contributed by atoms with E-state index in [4.69, 9.17) is 24.7 Å². The molecule has 1 aromatic carbocycles. The maximum absolute atomic E-state index is 13.0. The Morgan fingerprint density at radius 3 is 2.04 bits per heavy atom. The number of methoxy groups -OCH3 is 4. The molecule has 2 N–H and O–H groups in total. The molecule has 2 amide bonds. The SMILES string of the molecule is COCC(N)C(=O)N1CCN(C(=O)c2ccc(OC)c(OC)c2OC)CC1.Cl. The minimum absolute atomic E-state index is 0. The third kappa shape index (κ3) is 4.98. The number of halogens is 1. The summed E-state index contributed by atoms with van der Waals surface area (Å²) in [6.07, 6.45) is 0. The highest BCUT2D eigenvalue weighted by molar-refractivity contribution is 5.98. The number of ether oxygens (including phenoxy) is 4. The van der Waals surface area contributed by atoms with Crippen molar-refractivity contribution in [3.63, 3.8) is 0 Å². The summed E-state index contributed by atoms with van der Waals surface area (Å²) in [4.78, 5) is 28.5. The zero-order valence-electron chi connectivity index (χ0n) is 16.6. The van der Waals surface area contributed by atoms with Crippen molar-refractivity contribution in [3.8, 4) is 17.2 Å². The Balaban J connectivity index is 0.00000392. The number of piperazine rings is 1. The first-order chi connectivity index (χ1) is 13.0. The van der Waals surface area contributed by atoms with Gasteiger partial charge in [-0.1, -0.05) is 0 Å². The third-order valence-corrected chi connectivity index (χ3v) is 4.48. The molecule has 1 fully saturated rings. The van der Waals surface area contributed by atoms with Crippen LogP contribution in [-0.4, -0.2) is 88.9 Å². The van der Waals surface area contributed by atoms with Crippen molar-refractivity contribution < 1.29 is 28.5 Å². The smallest absolute Gasteiger partial charge is 0.257 e. The number of hydrogen-bond acceptors (Lipinski definition) is 7. The first kappa shape index (κ1) is 23.8. The van der Waals surface area contributed by atoms with Crippen LogP contribution in [0.2, 0.25) is 0 Å². The topological polar surface area (TPSA) is 104 Å². The van der Waals surface area contributed by atoms with Crippen molar-refractivity contribution in [1.82, 2.24) is 9.80 Å². The lowest BCUT2D eigenvalue weighted by Crippen LogP contribution is -2.55. The highest BCUT2D eigenvalue weighted by Gasteiger charge is 2.30. The van der Waals surface area contributed by atoms with Gasteiger partial charge in [0.25, 0.3) is 5.91 Å². The van der Waals surface area contributed by atoms with Gasteiger partial charge in [0.2, 0.25) is 11.7 Å². The maximum Gasteiger partial charge on any atom is 0.257 e. The van der Waals surface area contributed by atoms with Crippen molar-refractivity contribution in [2.45, 2.75) is 6.04 Å². The van der Waals surface area contributed by atoms with Gasteiger partial charge in [0, 0.05) is 33.3 Å². The number of nitrogens with two attached hydrogens (primary N) is 1. The average Bonchev–Trinajstić information content (AvgIpc) is 2.71. The number of benzene rings is 1. The predicted octanol–water partition coefficient (Wildman–Crippen LogP) is 0.392. The van der Waals surface area contributed by atoms with Gasteiger partial charge in [-0.15, -0.1) is 12.4 Å². The van der Waals surface area contributed by atoms with Crippen LogP contribution in [0.25, 0.3) is 0 Å². The summed E-state index contributed by atoms with van der Waals surface area (Å²) >= 11 is 0. The van der Waals surface area contributed by atoms with Crippen LogP contribution in [0.3, 0.4) is 0 Å². The fourth-order valence-corrected chi connectivity index (χ4v) is 3.06. The number of nitrogens with zero attached hydrogens (tertiary/aromatic N) is 2. The lowest BCUT2D eigenvalue weighted by molar-refractivity contribution is -0.135. The fraction of sp³-hybridized carbons (Fsp3) is 0.556. The Kier molecular flexibility index (Phi) is 9.30. The van der Waals surface area contributed by atoms with E-state index in [1.54, 1.807) is 21.9 Å². The summed E-state index contributed by atoms with van der Waals surface area (Å²) < 4.78 is 20.9. The van der Waals surface area contributed by atoms with Gasteiger partial charge in [0.15, 0.2) is 11.5 Å². The van der Waals surface area contributed by atoms with E-state index in [-0.39, 0.29) is 30.8 Å². The van der Waals surface area contributed by atoms with Crippen molar-refractivity contribution in [2.24, 2.45) is 5.73 Å². The second kappa shape index (κ2) is 10.9. The van der Waals surface area contributed by atoms with Crippen LogP contribution in [-0.2, 0) is 9.53 Å². The molecule has 158 valence electrons. The minimum atomic E-state index is -0.691. The Morgan fingerprint density at radius 2 is 1.54 bits per heavy atom. The van der Waals surface area contributed by atoms with Gasteiger partial charge < -0.3 is 34.5 Å². The van der Waals surface area contributed by atoms with Gasteiger partial charge in [0.05, 0.1) is 33.5 Å². The molecule has 10 heteroatoms. The summed E-state index contributed by atoms with van der Waals surface area (Å²) in [5, 5.41) is 0. The molecule has 0 radical (unpaired) electrons. The molecule has 1 heterocycles. The largest absolute Gasteiger partial charge is 0.493 e. The Bertz CT molecular complexity index is 680. The molecule has 2 rings (SSSR count). The monoisotopic (exact) mass is 417 g/mol. The normalized spacial score (nSPS) is 14.8. The molecule has 1 atom stereocenters. The minimum Gasteiger partial charge on any atom is -0.493 e. The van der Waals surface area contributed by atoms with Crippen LogP contribution in [0.4, 0.5) is 0 Å². The molecule has 1 aromatic rings. The summed E-state index contributed by atoms with van der Waals surface area (Å²) in [6, 6.07) is 2.62. The van der Waals surface area contributed by atoms with Crippen molar-refractivity contribution >= 4 is 24.2 Å². The molecule has 9 nitrogen and oxygen atoms in total. The van der Waals surface area contributed by atoms with Crippen LogP contribution in [0.1, 0.15) is 10.4 Å². The van der Waals surface area contributed by atoms with Gasteiger partial charge in [-0.25, -0.2) is 0 Å². The predicted molar refractivity (Wildman–Crippen MR) is 106 cm³/mol. The summed E-state index contributed by atoms with van der Waals surface area (Å²) in [5.74, 6) is 0.801. The molecule has 0 spiro atoms. The molecule has 1 aliphatic heterocycles. The van der Waals surface area contributed by atoms with Crippen LogP contribution in [0.5, 0.6) is 17.2 Å². The molecule has 28 heavy (non-hydrogen) atoms. The molecule has 0 aromatic heterocycles. The zero-order valence-corrected chi connectivity index (χ0v) is 17.4. The average molecular weight is 418 g/mol. The van der Waals surface area contributed by atoms with E-state index in [0.717, 1.165) is 0 Å². The zero-order chi connectivity index (χ0) is 20.0. The van der Waals surface area contributed by atoms with E-state index in [2.05, 4.69) is 0 Å². The summed E-state index contributed by atoms with van der Waals surface area (Å²) in [7, 11) is 5.98. The number of rotatable bonds is 7. The third-order valence-electron chi connectivity index (χ3n) is 4.48. The van der Waals surface area contributed by atoms with Crippen LogP contribution in [0, 0.1) is 0 Å². The van der Waals surface area contributed by atoms with Crippen molar-refractivity contribution in [3.05, 3.63) is 17.7 Å². The molecule has 0 saturated carbocycles. The van der Waals surface area contributed by atoms with Crippen LogP contribution >= 0.6 is 12.4 Å². The van der Waals surface area contributed by atoms with E-state index < -0.39 is 6.04 Å². The first-order valence-electron chi connectivity index (χ1n) is 8.60. The van der Waals surface area contributed by atoms with Crippen molar-refractivity contribution in [1.29, 1.82) is 0 Å². The highest BCUT2D eigenvalue weighted by Crippen LogP contribution is 2.40. The first-order valence-corrected chi connectivity index (χ1v) is 8.60. The highest BCUT2D eigenvalue weighted by atomic mass is 35.5. The lowest BCUT2D eigenvalue weighted by Gasteiger charge is -2.36. The Labute approximate surface area is 171 Å². The standard InChI is InChI=1S/C18H27N3O6.ClH/c1-24-11-13(19)18(23)21-9-7-20(8-10-21)17(22)12-5-6-14(25-2)16(27-4)15(12)26-3;/h5-6,13H,7-11,19H2,1-4H3;1H.